The highest BCUT2D eigenvalue weighted by Gasteiger charge is 2.55. The van der Waals surface area contributed by atoms with Gasteiger partial charge in [-0.3, -0.25) is 14.5 Å². The van der Waals surface area contributed by atoms with Crippen molar-refractivity contribution in [2.75, 3.05) is 36.1 Å². The van der Waals surface area contributed by atoms with Crippen LogP contribution in [-0.4, -0.2) is 38.1 Å². The number of ether oxygens (including phenoxy) is 2. The van der Waals surface area contributed by atoms with Gasteiger partial charge in [0.25, 0.3) is 11.7 Å². The molecule has 2 heterocycles. The van der Waals surface area contributed by atoms with Crippen LogP contribution in [0.5, 0.6) is 0 Å². The molecule has 2 aliphatic rings. The first-order valence-corrected chi connectivity index (χ1v) is 9.63. The molecule has 2 aromatic rings. The third-order valence-corrected chi connectivity index (χ3v) is 5.20. The monoisotopic (exact) mass is 380 g/mol. The summed E-state index contributed by atoms with van der Waals surface area (Å²) in [5, 5.41) is 0. The summed E-state index contributed by atoms with van der Waals surface area (Å²) in [6, 6.07) is 15.2. The van der Waals surface area contributed by atoms with Crippen molar-refractivity contribution in [1.82, 2.24) is 0 Å². The smallest absolute Gasteiger partial charge is 0.293 e. The van der Waals surface area contributed by atoms with Crippen LogP contribution in [0, 0.1) is 6.92 Å². The first-order chi connectivity index (χ1) is 13.6. The number of carbonyl (C=O) groups excluding carboxylic acids is 2. The van der Waals surface area contributed by atoms with Gasteiger partial charge in [-0.2, -0.15) is 0 Å². The van der Waals surface area contributed by atoms with Gasteiger partial charge in [0.1, 0.15) is 6.54 Å². The lowest BCUT2D eigenvalue weighted by molar-refractivity contribution is -0.256. The normalized spacial score (nSPS) is 17.6. The minimum atomic E-state index is -1.42. The number of nitrogens with zero attached hydrogens (tertiary/aromatic N) is 2. The van der Waals surface area contributed by atoms with Gasteiger partial charge >= 0.3 is 0 Å². The predicted molar refractivity (Wildman–Crippen MR) is 106 cm³/mol. The van der Waals surface area contributed by atoms with Crippen LogP contribution >= 0.6 is 0 Å². The number of likely N-dealkylation sites (N-methyl/N-ethyl adjacent to an activating group) is 1. The van der Waals surface area contributed by atoms with Gasteiger partial charge in [-0.05, 0) is 44.0 Å². The second-order valence-corrected chi connectivity index (χ2v) is 7.05. The zero-order valence-corrected chi connectivity index (χ0v) is 16.2. The maximum absolute atomic E-state index is 13.3. The molecule has 0 aromatic heterocycles. The number of rotatable bonds is 4. The number of hydrogen-bond donors (Lipinski definition) is 0. The maximum atomic E-state index is 13.3. The van der Waals surface area contributed by atoms with E-state index in [9.17, 15) is 9.59 Å². The van der Waals surface area contributed by atoms with Gasteiger partial charge in [-0.15, -0.1) is 0 Å². The summed E-state index contributed by atoms with van der Waals surface area (Å²) in [6.07, 6.45) is 0.743. The van der Waals surface area contributed by atoms with Crippen molar-refractivity contribution in [1.29, 1.82) is 0 Å². The van der Waals surface area contributed by atoms with E-state index in [2.05, 4.69) is 0 Å². The van der Waals surface area contributed by atoms with Crippen molar-refractivity contribution in [3.63, 3.8) is 0 Å². The fraction of sp³-hybridized carbons (Fsp3) is 0.364. The number of amides is 2. The van der Waals surface area contributed by atoms with E-state index in [4.69, 9.17) is 9.47 Å². The molecule has 2 aromatic carbocycles. The number of carbonyl (C=O) groups is 2. The van der Waals surface area contributed by atoms with Crippen LogP contribution in [0.2, 0.25) is 0 Å². The largest absolute Gasteiger partial charge is 0.338 e. The summed E-state index contributed by atoms with van der Waals surface area (Å²) >= 11 is 0. The van der Waals surface area contributed by atoms with Crippen molar-refractivity contribution < 1.29 is 19.1 Å². The molecule has 1 fully saturated rings. The Kier molecular flexibility index (Phi) is 4.91. The molecular weight excluding hydrogens is 356 g/mol. The van der Waals surface area contributed by atoms with Crippen molar-refractivity contribution in [2.24, 2.45) is 0 Å². The topological polar surface area (TPSA) is 59.1 Å². The summed E-state index contributed by atoms with van der Waals surface area (Å²) in [6.45, 7) is 5.27. The van der Waals surface area contributed by atoms with Crippen LogP contribution in [-0.2, 0) is 24.8 Å². The summed E-state index contributed by atoms with van der Waals surface area (Å²) in [5.41, 5.74) is 3.25. The standard InChI is InChI=1S/C22H24N2O4/c1-3-23(17-9-6-8-16(2)14-17)20(25)15-24-19-11-5-4-10-18(19)22(21(24)26)27-12-7-13-28-22/h4-6,8-11,14H,3,7,12-13,15H2,1-2H3. The average Bonchev–Trinajstić information content (AvgIpc) is 2.92. The summed E-state index contributed by atoms with van der Waals surface area (Å²) < 4.78 is 11.7. The molecule has 0 N–H and O–H groups in total. The lowest BCUT2D eigenvalue weighted by atomic mass is 10.1. The minimum absolute atomic E-state index is 0.0634. The van der Waals surface area contributed by atoms with Crippen LogP contribution in [0.3, 0.4) is 0 Å². The quantitative estimate of drug-likeness (QED) is 0.818. The Balaban J connectivity index is 1.64. The van der Waals surface area contributed by atoms with E-state index in [1.54, 1.807) is 4.90 Å². The van der Waals surface area contributed by atoms with Gasteiger partial charge in [0.2, 0.25) is 5.91 Å². The third-order valence-electron chi connectivity index (χ3n) is 5.20. The Labute approximate surface area is 164 Å². The Bertz CT molecular complexity index is 905. The molecule has 2 amide bonds. The molecule has 4 rings (SSSR count). The molecular formula is C22H24N2O4. The highest BCUT2D eigenvalue weighted by Crippen LogP contribution is 2.45. The molecule has 2 aliphatic heterocycles. The van der Waals surface area contributed by atoms with Crippen molar-refractivity contribution >= 4 is 23.2 Å². The molecule has 6 heteroatoms. The average molecular weight is 380 g/mol. The maximum Gasteiger partial charge on any atom is 0.293 e. The predicted octanol–water partition coefficient (Wildman–Crippen LogP) is 2.98. The molecule has 0 aliphatic carbocycles. The number of anilines is 2. The molecule has 0 bridgehead atoms. The van der Waals surface area contributed by atoms with Crippen LogP contribution in [0.4, 0.5) is 11.4 Å². The number of fused-ring (bicyclic) bond motifs is 2. The molecule has 28 heavy (non-hydrogen) atoms. The minimum Gasteiger partial charge on any atom is -0.338 e. The number of hydrogen-bond acceptors (Lipinski definition) is 4. The van der Waals surface area contributed by atoms with Crippen molar-refractivity contribution in [3.8, 4) is 0 Å². The molecule has 0 atom stereocenters. The van der Waals surface area contributed by atoms with Crippen LogP contribution in [0.15, 0.2) is 48.5 Å². The van der Waals surface area contributed by atoms with E-state index in [0.717, 1.165) is 17.7 Å². The van der Waals surface area contributed by atoms with Gasteiger partial charge in [0.15, 0.2) is 0 Å². The molecule has 1 spiro atoms. The fourth-order valence-electron chi connectivity index (χ4n) is 3.88. The molecule has 0 saturated carbocycles. The Morgan fingerprint density at radius 3 is 2.61 bits per heavy atom. The van der Waals surface area contributed by atoms with Crippen LogP contribution in [0.25, 0.3) is 0 Å². The van der Waals surface area contributed by atoms with Gasteiger partial charge in [-0.1, -0.05) is 30.3 Å². The summed E-state index contributed by atoms with van der Waals surface area (Å²) in [5.74, 6) is -1.90. The molecule has 0 radical (unpaired) electrons. The van der Waals surface area contributed by atoms with Gasteiger partial charge < -0.3 is 14.4 Å². The lowest BCUT2D eigenvalue weighted by Crippen LogP contribution is -2.50. The second kappa shape index (κ2) is 7.37. The number of aryl methyl sites for hydroxylation is 1. The molecule has 146 valence electrons. The van der Waals surface area contributed by atoms with Crippen molar-refractivity contribution in [2.45, 2.75) is 26.1 Å². The number of para-hydroxylation sites is 1. The van der Waals surface area contributed by atoms with E-state index in [1.807, 2.05) is 62.4 Å². The number of benzene rings is 2. The fourth-order valence-corrected chi connectivity index (χ4v) is 3.88. The van der Waals surface area contributed by atoms with Crippen molar-refractivity contribution in [3.05, 3.63) is 59.7 Å². The zero-order valence-electron chi connectivity index (χ0n) is 16.2. The molecule has 6 nitrogen and oxygen atoms in total. The molecule has 1 saturated heterocycles. The third kappa shape index (κ3) is 2.99. The second-order valence-electron chi connectivity index (χ2n) is 7.05. The van der Waals surface area contributed by atoms with E-state index in [1.165, 1.54) is 4.90 Å². The summed E-state index contributed by atoms with van der Waals surface area (Å²) in [7, 11) is 0. The van der Waals surface area contributed by atoms with Gasteiger partial charge in [0.05, 0.1) is 18.9 Å². The zero-order chi connectivity index (χ0) is 19.7. The van der Waals surface area contributed by atoms with Gasteiger partial charge in [0, 0.05) is 17.8 Å². The Morgan fingerprint density at radius 2 is 1.89 bits per heavy atom. The Morgan fingerprint density at radius 1 is 1.14 bits per heavy atom. The first kappa shape index (κ1) is 18.7. The highest BCUT2D eigenvalue weighted by molar-refractivity contribution is 6.10. The highest BCUT2D eigenvalue weighted by atomic mass is 16.7. The van der Waals surface area contributed by atoms with Crippen LogP contribution in [0.1, 0.15) is 24.5 Å². The Hall–Kier alpha value is -2.70. The molecule has 0 unspecified atom stereocenters. The van der Waals surface area contributed by atoms with E-state index in [-0.39, 0.29) is 18.4 Å². The van der Waals surface area contributed by atoms with Crippen LogP contribution < -0.4 is 9.80 Å². The van der Waals surface area contributed by atoms with Gasteiger partial charge in [-0.25, -0.2) is 0 Å². The van der Waals surface area contributed by atoms with E-state index in [0.29, 0.717) is 31.0 Å². The first-order valence-electron chi connectivity index (χ1n) is 9.63. The SMILES string of the molecule is CCN(C(=O)CN1C(=O)C2(OCCCO2)c2ccccc21)c1cccc(C)c1. The van der Waals surface area contributed by atoms with E-state index >= 15 is 0 Å². The van der Waals surface area contributed by atoms with E-state index < -0.39 is 5.79 Å². The lowest BCUT2D eigenvalue weighted by Gasteiger charge is -2.32. The summed E-state index contributed by atoms with van der Waals surface area (Å²) in [4.78, 5) is 29.6.